The predicted molar refractivity (Wildman–Crippen MR) is 204 cm³/mol. The molecular weight excluding hydrogens is 682 g/mol. The van der Waals surface area contributed by atoms with Crippen LogP contribution in [0.5, 0.6) is 5.75 Å². The molecule has 0 aromatic heterocycles. The van der Waals surface area contributed by atoms with Crippen LogP contribution in [0.25, 0.3) is 0 Å². The van der Waals surface area contributed by atoms with Crippen LogP contribution in [-0.2, 0) is 25.7 Å². The average Bonchev–Trinajstić information content (AvgIpc) is 3.11. The van der Waals surface area contributed by atoms with E-state index in [2.05, 4.69) is 55.4 Å². The van der Waals surface area contributed by atoms with Crippen LogP contribution < -0.4 is 9.84 Å². The molecule has 300 valence electrons. The lowest BCUT2D eigenvalue weighted by atomic mass is 9.97. The van der Waals surface area contributed by atoms with Gasteiger partial charge in [0.25, 0.3) is 0 Å². The fraction of sp³-hybridized carbons (Fsp3) is 0.600. The van der Waals surface area contributed by atoms with Gasteiger partial charge < -0.3 is 39.5 Å². The second-order valence-electron chi connectivity index (χ2n) is 13.4. The largest absolute Gasteiger partial charge is 0.549 e. The van der Waals surface area contributed by atoms with Gasteiger partial charge in [0.15, 0.2) is 0 Å². The Morgan fingerprint density at radius 3 is 1.40 bits per heavy atom. The Hall–Kier alpha value is -4.04. The summed E-state index contributed by atoms with van der Waals surface area (Å²) in [5.41, 5.74) is 3.32. The number of quaternary nitrogens is 1. The Balaban J connectivity index is 0.000000840. The van der Waals surface area contributed by atoms with Gasteiger partial charge in [-0.2, -0.15) is 0 Å². The first-order valence-electron chi connectivity index (χ1n) is 18.6. The van der Waals surface area contributed by atoms with Crippen LogP contribution in [0.4, 0.5) is 0 Å². The summed E-state index contributed by atoms with van der Waals surface area (Å²) in [6.45, 7) is 21.3. The van der Waals surface area contributed by atoms with E-state index in [4.69, 9.17) is 20.1 Å². The number of hydrogen-bond acceptors (Lipinski definition) is 9. The minimum atomic E-state index is -1.28. The molecule has 0 aliphatic carbocycles. The van der Waals surface area contributed by atoms with Crippen molar-refractivity contribution in [1.29, 1.82) is 0 Å². The number of aliphatic hydroxyl groups excluding tert-OH is 1. The Morgan fingerprint density at radius 2 is 1.06 bits per heavy atom. The first-order chi connectivity index (χ1) is 25.0. The molecule has 13 nitrogen and oxygen atoms in total. The standard InChI is InChI=1S/C17H25NO6.C15H21NO4.C8H20N/c1-3-12(2)13-4-6-15(7-5-13)24-11-14(19)8-18(9-16(20)21)10-17(22)23;1-3-11(2)13-6-4-12(5-7-13)8-16(9-14(17)18)10-15(19)20;1-5-9(6-2,7-3)8-4/h4-7,12,14,19H,3,8-11H2,1-2H3,(H,20,21)(H,22,23);4-7,11H,3,8-10H2,1-2H3,(H,17,18)(H,19,20);5-8H2,1-4H3/q;;+1/p-1. The molecule has 3 unspecified atom stereocenters. The van der Waals surface area contributed by atoms with E-state index in [1.54, 1.807) is 0 Å². The predicted octanol–water partition coefficient (Wildman–Crippen LogP) is 4.13. The van der Waals surface area contributed by atoms with Crippen LogP contribution in [0, 0.1) is 0 Å². The van der Waals surface area contributed by atoms with Crippen LogP contribution >= 0.6 is 0 Å². The number of ether oxygens (including phenoxy) is 1. The van der Waals surface area contributed by atoms with Gasteiger partial charge in [-0.25, -0.2) is 0 Å². The van der Waals surface area contributed by atoms with E-state index in [0.717, 1.165) is 23.3 Å². The van der Waals surface area contributed by atoms with E-state index in [9.17, 15) is 29.4 Å². The van der Waals surface area contributed by atoms with Crippen LogP contribution in [0.3, 0.4) is 0 Å². The third-order valence-electron chi connectivity index (χ3n) is 9.65. The lowest BCUT2D eigenvalue weighted by molar-refractivity contribution is -0.921. The number of rotatable bonds is 23. The van der Waals surface area contributed by atoms with E-state index in [1.165, 1.54) is 46.7 Å². The van der Waals surface area contributed by atoms with E-state index in [0.29, 0.717) is 17.6 Å². The molecule has 0 aliphatic heterocycles. The quantitative estimate of drug-likeness (QED) is 0.119. The summed E-state index contributed by atoms with van der Waals surface area (Å²) in [6.07, 6.45) is 1.11. The van der Waals surface area contributed by atoms with Gasteiger partial charge in [0.05, 0.1) is 51.8 Å². The highest BCUT2D eigenvalue weighted by Gasteiger charge is 2.18. The van der Waals surface area contributed by atoms with Gasteiger partial charge in [0, 0.05) is 19.6 Å². The molecule has 0 heterocycles. The molecule has 4 N–H and O–H groups in total. The molecule has 0 spiro atoms. The zero-order chi connectivity index (χ0) is 40.6. The second kappa shape index (κ2) is 26.7. The van der Waals surface area contributed by atoms with Crippen LogP contribution in [0.2, 0.25) is 0 Å². The monoisotopic (exact) mass is 747 g/mol. The smallest absolute Gasteiger partial charge is 0.317 e. The molecule has 0 saturated carbocycles. The maximum Gasteiger partial charge on any atom is 0.317 e. The van der Waals surface area contributed by atoms with Gasteiger partial charge in [-0.1, -0.05) is 64.1 Å². The summed E-state index contributed by atoms with van der Waals surface area (Å²) in [7, 11) is 0. The third kappa shape index (κ3) is 21.3. The number of nitrogens with zero attached hydrogens (tertiary/aromatic N) is 3. The van der Waals surface area contributed by atoms with Crippen molar-refractivity contribution in [3.8, 4) is 5.75 Å². The molecule has 53 heavy (non-hydrogen) atoms. The first-order valence-corrected chi connectivity index (χ1v) is 18.6. The van der Waals surface area contributed by atoms with Crippen molar-refractivity contribution in [3.63, 3.8) is 0 Å². The second-order valence-corrected chi connectivity index (χ2v) is 13.4. The van der Waals surface area contributed by atoms with Gasteiger partial charge in [0.2, 0.25) is 0 Å². The summed E-state index contributed by atoms with van der Waals surface area (Å²) >= 11 is 0. The van der Waals surface area contributed by atoms with Crippen molar-refractivity contribution < 1.29 is 53.9 Å². The highest BCUT2D eigenvalue weighted by Crippen LogP contribution is 2.22. The number of carboxylic acid groups (broad SMARTS) is 4. The maximum absolute atomic E-state index is 10.7. The number of hydrogen-bond donors (Lipinski definition) is 4. The summed E-state index contributed by atoms with van der Waals surface area (Å²) < 4.78 is 6.75. The number of benzene rings is 2. The molecule has 0 bridgehead atoms. The van der Waals surface area contributed by atoms with Crippen molar-refractivity contribution in [1.82, 2.24) is 9.80 Å². The number of carbonyl (C=O) groups excluding carboxylic acids is 1. The summed E-state index contributed by atoms with van der Waals surface area (Å²) in [6, 6.07) is 15.4. The molecular formula is C40H65N3O10. The zero-order valence-electron chi connectivity index (χ0n) is 33.1. The molecule has 0 aliphatic rings. The van der Waals surface area contributed by atoms with Gasteiger partial charge in [-0.15, -0.1) is 0 Å². The topological polar surface area (TPSA) is 188 Å². The molecule has 0 amide bonds. The molecule has 2 aromatic rings. The van der Waals surface area contributed by atoms with Gasteiger partial charge in [-0.05, 0) is 81.2 Å². The lowest BCUT2D eigenvalue weighted by Gasteiger charge is -2.34. The third-order valence-corrected chi connectivity index (χ3v) is 9.65. The minimum Gasteiger partial charge on any atom is -0.549 e. The Labute approximate surface area is 316 Å². The fourth-order valence-electron chi connectivity index (χ4n) is 5.57. The number of aliphatic carboxylic acids is 4. The molecule has 3 atom stereocenters. The van der Waals surface area contributed by atoms with Crippen molar-refractivity contribution in [2.45, 2.75) is 92.7 Å². The van der Waals surface area contributed by atoms with Crippen LogP contribution in [0.15, 0.2) is 48.5 Å². The Kier molecular flexibility index (Phi) is 24.6. The van der Waals surface area contributed by atoms with Crippen molar-refractivity contribution in [2.75, 3.05) is 65.5 Å². The highest BCUT2D eigenvalue weighted by atomic mass is 16.5. The minimum absolute atomic E-state index is 0.0432. The van der Waals surface area contributed by atoms with Gasteiger partial charge in [-0.3, -0.25) is 24.2 Å². The molecule has 0 fully saturated rings. The van der Waals surface area contributed by atoms with E-state index in [1.807, 2.05) is 48.5 Å². The summed E-state index contributed by atoms with van der Waals surface area (Å²) in [4.78, 5) is 45.2. The molecule has 13 heteroatoms. The normalized spacial score (nSPS) is 12.8. The van der Waals surface area contributed by atoms with Crippen molar-refractivity contribution >= 4 is 23.9 Å². The van der Waals surface area contributed by atoms with Crippen LogP contribution in [-0.4, -0.2) is 130 Å². The van der Waals surface area contributed by atoms with E-state index in [-0.39, 0.29) is 32.8 Å². The van der Waals surface area contributed by atoms with E-state index < -0.39 is 43.1 Å². The number of carbonyl (C=O) groups is 4. The van der Waals surface area contributed by atoms with Gasteiger partial charge in [0.1, 0.15) is 18.5 Å². The maximum atomic E-state index is 10.7. The zero-order valence-corrected chi connectivity index (χ0v) is 33.1. The Bertz CT molecular complexity index is 1280. The molecule has 2 aromatic carbocycles. The van der Waals surface area contributed by atoms with Gasteiger partial charge >= 0.3 is 17.9 Å². The van der Waals surface area contributed by atoms with Crippen molar-refractivity contribution in [3.05, 3.63) is 65.2 Å². The average molecular weight is 748 g/mol. The molecule has 2 rings (SSSR count). The summed E-state index contributed by atoms with van der Waals surface area (Å²) in [5.74, 6) is -3.09. The highest BCUT2D eigenvalue weighted by molar-refractivity contribution is 5.72. The molecule has 0 radical (unpaired) electrons. The molecule has 0 saturated heterocycles. The van der Waals surface area contributed by atoms with E-state index >= 15 is 0 Å². The van der Waals surface area contributed by atoms with Crippen LogP contribution in [0.1, 0.15) is 96.8 Å². The van der Waals surface area contributed by atoms with Crippen molar-refractivity contribution in [2.24, 2.45) is 0 Å². The Morgan fingerprint density at radius 1 is 0.660 bits per heavy atom. The fourth-order valence-corrected chi connectivity index (χ4v) is 5.57. The lowest BCUT2D eigenvalue weighted by Crippen LogP contribution is -2.47. The summed E-state index contributed by atoms with van der Waals surface area (Å²) in [5, 5.41) is 46.8. The number of carboxylic acids is 4. The number of aliphatic hydroxyl groups is 1. The SMILES string of the molecule is CCC(C)c1ccc(CN(CC(=O)[O-])CC(=O)O)cc1.CCC(C)c1ccc(OCC(O)CN(CC(=O)O)CC(=O)O)cc1.CC[N+](CC)(CC)CC. The first kappa shape index (κ1) is 49.0.